The number of likely N-dealkylation sites (tertiary alicyclic amines) is 1. The average molecular weight is 347 g/mol. The molecule has 0 aliphatic carbocycles. The van der Waals surface area contributed by atoms with Crippen LogP contribution < -0.4 is 4.90 Å². The molecule has 2 aliphatic heterocycles. The van der Waals surface area contributed by atoms with Crippen LogP contribution in [0.25, 0.3) is 0 Å². The van der Waals surface area contributed by atoms with Crippen LogP contribution in [0.3, 0.4) is 0 Å². The summed E-state index contributed by atoms with van der Waals surface area (Å²) < 4.78 is 5.89. The maximum atomic E-state index is 12.6. The lowest BCUT2D eigenvalue weighted by Crippen LogP contribution is -2.51. The zero-order chi connectivity index (χ0) is 17.6. The van der Waals surface area contributed by atoms with E-state index in [4.69, 9.17) is 4.74 Å². The molecule has 2 saturated heterocycles. The van der Waals surface area contributed by atoms with Crippen molar-refractivity contribution in [2.45, 2.75) is 25.9 Å². The highest BCUT2D eigenvalue weighted by atomic mass is 16.5. The van der Waals surface area contributed by atoms with Gasteiger partial charge in [-0.2, -0.15) is 5.10 Å². The number of likely N-dealkylation sites (N-methyl/N-ethyl adjacent to an activating group) is 1. The van der Waals surface area contributed by atoms with Gasteiger partial charge in [-0.3, -0.25) is 9.69 Å². The van der Waals surface area contributed by atoms with E-state index in [9.17, 15) is 4.79 Å². The van der Waals surface area contributed by atoms with Crippen molar-refractivity contribution >= 4 is 11.7 Å². The first-order valence-electron chi connectivity index (χ1n) is 9.22. The molecule has 3 heterocycles. The van der Waals surface area contributed by atoms with Gasteiger partial charge in [0.15, 0.2) is 5.82 Å². The molecule has 2 aliphatic rings. The number of hydrogen-bond acceptors (Lipinski definition) is 6. The minimum atomic E-state index is 0.0776. The Balaban J connectivity index is 1.48. The summed E-state index contributed by atoms with van der Waals surface area (Å²) in [4.78, 5) is 18.9. The van der Waals surface area contributed by atoms with E-state index in [0.29, 0.717) is 19.1 Å². The van der Waals surface area contributed by atoms with Crippen LogP contribution in [0.1, 0.15) is 19.8 Å². The number of carbonyl (C=O) groups is 1. The normalized spacial score (nSPS) is 25.0. The zero-order valence-electron chi connectivity index (χ0n) is 15.3. The third-order valence-corrected chi connectivity index (χ3v) is 5.02. The summed E-state index contributed by atoms with van der Waals surface area (Å²) in [6.07, 6.45) is 4.11. The van der Waals surface area contributed by atoms with Gasteiger partial charge in [0.05, 0.1) is 19.3 Å². The first kappa shape index (κ1) is 18.1. The lowest BCUT2D eigenvalue weighted by atomic mass is 10.0. The number of anilines is 1. The fraction of sp³-hybridized carbons (Fsp3) is 0.722. The third-order valence-electron chi connectivity index (χ3n) is 5.02. The molecule has 2 atom stereocenters. The second kappa shape index (κ2) is 8.58. The highest BCUT2D eigenvalue weighted by Gasteiger charge is 2.27. The molecular weight excluding hydrogens is 318 g/mol. The third kappa shape index (κ3) is 5.12. The van der Waals surface area contributed by atoms with Gasteiger partial charge in [0.2, 0.25) is 5.91 Å². The Hall–Kier alpha value is -1.73. The molecule has 7 heteroatoms. The van der Waals surface area contributed by atoms with E-state index in [1.807, 2.05) is 24.1 Å². The minimum absolute atomic E-state index is 0.0776. The predicted octanol–water partition coefficient (Wildman–Crippen LogP) is 0.872. The van der Waals surface area contributed by atoms with Crippen molar-refractivity contribution in [2.24, 2.45) is 5.92 Å². The molecule has 0 bridgehead atoms. The largest absolute Gasteiger partial charge is 0.374 e. The van der Waals surface area contributed by atoms with Crippen LogP contribution in [0.4, 0.5) is 5.82 Å². The Morgan fingerprint density at radius 3 is 3.04 bits per heavy atom. The molecule has 2 fully saturated rings. The summed E-state index contributed by atoms with van der Waals surface area (Å²) in [5, 5.41) is 8.04. The number of ether oxygens (including phenoxy) is 1. The van der Waals surface area contributed by atoms with Crippen LogP contribution in [0.5, 0.6) is 0 Å². The Morgan fingerprint density at radius 1 is 1.40 bits per heavy atom. The summed E-state index contributed by atoms with van der Waals surface area (Å²) in [5.41, 5.74) is 0. The molecule has 7 nitrogen and oxygen atoms in total. The molecule has 0 spiro atoms. The van der Waals surface area contributed by atoms with E-state index >= 15 is 0 Å². The molecular formula is C18H29N5O2. The number of morpholine rings is 1. The van der Waals surface area contributed by atoms with Gasteiger partial charge < -0.3 is 14.5 Å². The van der Waals surface area contributed by atoms with Gasteiger partial charge in [-0.15, -0.1) is 5.10 Å². The Kier molecular flexibility index (Phi) is 6.20. The second-order valence-corrected chi connectivity index (χ2v) is 7.28. The number of amides is 1. The van der Waals surface area contributed by atoms with Crippen molar-refractivity contribution in [1.29, 1.82) is 0 Å². The molecule has 25 heavy (non-hydrogen) atoms. The van der Waals surface area contributed by atoms with E-state index in [1.54, 1.807) is 6.20 Å². The van der Waals surface area contributed by atoms with E-state index in [-0.39, 0.29) is 12.0 Å². The lowest BCUT2D eigenvalue weighted by molar-refractivity contribution is -0.136. The highest BCUT2D eigenvalue weighted by molar-refractivity contribution is 5.78. The van der Waals surface area contributed by atoms with Gasteiger partial charge in [0, 0.05) is 46.0 Å². The number of rotatable bonds is 5. The predicted molar refractivity (Wildman–Crippen MR) is 96.5 cm³/mol. The second-order valence-electron chi connectivity index (χ2n) is 7.28. The van der Waals surface area contributed by atoms with E-state index in [1.165, 1.54) is 6.42 Å². The molecule has 1 aromatic heterocycles. The van der Waals surface area contributed by atoms with Crippen molar-refractivity contribution in [3.63, 3.8) is 0 Å². The van der Waals surface area contributed by atoms with Crippen LogP contribution in [-0.2, 0) is 9.53 Å². The van der Waals surface area contributed by atoms with E-state index in [0.717, 1.165) is 45.0 Å². The summed E-state index contributed by atoms with van der Waals surface area (Å²) in [6, 6.07) is 3.82. The Bertz CT molecular complexity index is 556. The SMILES string of the molecule is C[C@H]1CCCN(C(=O)CN2CCO[C@H](CN(C)c3cccnn3)C2)C1. The molecule has 0 N–H and O–H groups in total. The zero-order valence-corrected chi connectivity index (χ0v) is 15.3. The van der Waals surface area contributed by atoms with Crippen molar-refractivity contribution in [3.8, 4) is 0 Å². The van der Waals surface area contributed by atoms with Gasteiger partial charge >= 0.3 is 0 Å². The first-order valence-corrected chi connectivity index (χ1v) is 9.22. The molecule has 0 aromatic carbocycles. The maximum absolute atomic E-state index is 12.6. The Morgan fingerprint density at radius 2 is 2.28 bits per heavy atom. The summed E-state index contributed by atoms with van der Waals surface area (Å²) in [6.45, 7) is 7.55. The van der Waals surface area contributed by atoms with Gasteiger partial charge in [-0.25, -0.2) is 0 Å². The highest BCUT2D eigenvalue weighted by Crippen LogP contribution is 2.16. The summed E-state index contributed by atoms with van der Waals surface area (Å²) in [5.74, 6) is 1.71. The van der Waals surface area contributed by atoms with Crippen LogP contribution >= 0.6 is 0 Å². The number of piperidine rings is 1. The van der Waals surface area contributed by atoms with E-state index < -0.39 is 0 Å². The lowest BCUT2D eigenvalue weighted by Gasteiger charge is -2.37. The van der Waals surface area contributed by atoms with Gasteiger partial charge in [-0.05, 0) is 30.9 Å². The summed E-state index contributed by atoms with van der Waals surface area (Å²) in [7, 11) is 1.99. The first-order chi connectivity index (χ1) is 12.1. The topological polar surface area (TPSA) is 61.8 Å². The Labute approximate surface area is 149 Å². The number of aromatic nitrogens is 2. The fourth-order valence-corrected chi connectivity index (χ4v) is 3.64. The van der Waals surface area contributed by atoms with Gasteiger partial charge in [0.25, 0.3) is 0 Å². The van der Waals surface area contributed by atoms with Crippen LogP contribution in [-0.4, -0.2) is 84.9 Å². The van der Waals surface area contributed by atoms with Crippen LogP contribution in [0, 0.1) is 5.92 Å². The number of carbonyl (C=O) groups excluding carboxylic acids is 1. The quantitative estimate of drug-likeness (QED) is 0.788. The smallest absolute Gasteiger partial charge is 0.236 e. The standard InChI is InChI=1S/C18H29N5O2/c1-15-5-4-8-23(11-15)18(24)14-22-9-10-25-16(13-22)12-21(2)17-6-3-7-19-20-17/h3,6-7,15-16H,4-5,8-14H2,1-2H3/t15-,16+/m0/s1. The van der Waals surface area contributed by atoms with Crippen molar-refractivity contribution in [1.82, 2.24) is 20.0 Å². The molecule has 1 amide bonds. The fourth-order valence-electron chi connectivity index (χ4n) is 3.64. The molecule has 3 rings (SSSR count). The maximum Gasteiger partial charge on any atom is 0.236 e. The van der Waals surface area contributed by atoms with Gasteiger partial charge in [0.1, 0.15) is 0 Å². The molecule has 0 unspecified atom stereocenters. The average Bonchev–Trinajstić information content (AvgIpc) is 2.63. The van der Waals surface area contributed by atoms with Crippen molar-refractivity contribution in [3.05, 3.63) is 18.3 Å². The number of hydrogen-bond donors (Lipinski definition) is 0. The van der Waals surface area contributed by atoms with Crippen molar-refractivity contribution < 1.29 is 9.53 Å². The number of nitrogens with zero attached hydrogens (tertiary/aromatic N) is 5. The molecule has 138 valence electrons. The monoisotopic (exact) mass is 347 g/mol. The van der Waals surface area contributed by atoms with Crippen molar-refractivity contribution in [2.75, 3.05) is 57.8 Å². The van der Waals surface area contributed by atoms with E-state index in [2.05, 4.69) is 26.9 Å². The molecule has 0 radical (unpaired) electrons. The molecule has 1 aromatic rings. The van der Waals surface area contributed by atoms with Crippen LogP contribution in [0.15, 0.2) is 18.3 Å². The minimum Gasteiger partial charge on any atom is -0.374 e. The summed E-state index contributed by atoms with van der Waals surface area (Å²) >= 11 is 0. The molecule has 0 saturated carbocycles. The van der Waals surface area contributed by atoms with Gasteiger partial charge in [-0.1, -0.05) is 6.92 Å². The van der Waals surface area contributed by atoms with Crippen LogP contribution in [0.2, 0.25) is 0 Å².